The Kier molecular flexibility index (Phi) is 10.8. The number of hydrogen-bond acceptors (Lipinski definition) is 7. The van der Waals surface area contributed by atoms with Gasteiger partial charge < -0.3 is 22.8 Å². The minimum Gasteiger partial charge on any atom is -0.494 e. The molecule has 0 aliphatic heterocycles. The van der Waals surface area contributed by atoms with Gasteiger partial charge in [-0.3, -0.25) is 9.13 Å². The van der Waals surface area contributed by atoms with Crippen LogP contribution in [-0.4, -0.2) is 39.2 Å². The summed E-state index contributed by atoms with van der Waals surface area (Å²) < 4.78 is 54.0. The summed E-state index contributed by atoms with van der Waals surface area (Å²) in [6.07, 6.45) is -0.0973. The molecule has 0 heterocycles. The molecule has 7 nitrogen and oxygen atoms in total. The Labute approximate surface area is 162 Å². The van der Waals surface area contributed by atoms with Crippen molar-refractivity contribution < 1.29 is 32.0 Å². The van der Waals surface area contributed by atoms with Crippen LogP contribution in [0, 0.1) is 0 Å². The molecule has 27 heavy (non-hydrogen) atoms. The smallest absolute Gasteiger partial charge is 0.338 e. The molecule has 0 bridgehead atoms. The van der Waals surface area contributed by atoms with E-state index in [9.17, 15) is 9.13 Å². The van der Waals surface area contributed by atoms with Gasteiger partial charge in [0.2, 0.25) is 0 Å². The third-order valence-corrected chi connectivity index (χ3v) is 8.51. The van der Waals surface area contributed by atoms with Crippen molar-refractivity contribution in [1.82, 2.24) is 0 Å². The van der Waals surface area contributed by atoms with Crippen molar-refractivity contribution in [3.63, 3.8) is 0 Å². The molecule has 1 unspecified atom stereocenters. The Morgan fingerprint density at radius 1 is 0.741 bits per heavy atom. The van der Waals surface area contributed by atoms with Gasteiger partial charge in [-0.15, -0.1) is 0 Å². The molecule has 0 aliphatic carbocycles. The van der Waals surface area contributed by atoms with Gasteiger partial charge >= 0.3 is 15.2 Å². The van der Waals surface area contributed by atoms with Gasteiger partial charge in [-0.1, -0.05) is 12.1 Å². The maximum absolute atomic E-state index is 13.5. The van der Waals surface area contributed by atoms with Gasteiger partial charge in [0, 0.05) is 0 Å². The molecule has 156 valence electrons. The maximum Gasteiger partial charge on any atom is 0.338 e. The van der Waals surface area contributed by atoms with Gasteiger partial charge in [-0.2, -0.15) is 0 Å². The lowest BCUT2D eigenvalue weighted by molar-refractivity contribution is 0.203. The first-order chi connectivity index (χ1) is 12.9. The van der Waals surface area contributed by atoms with E-state index in [4.69, 9.17) is 22.8 Å². The van der Waals surface area contributed by atoms with E-state index in [1.807, 2.05) is 6.92 Å². The Balaban J connectivity index is 3.33. The van der Waals surface area contributed by atoms with Crippen molar-refractivity contribution in [2.75, 3.05) is 39.2 Å². The summed E-state index contributed by atoms with van der Waals surface area (Å²) in [7, 11) is -7.07. The average Bonchev–Trinajstić information content (AvgIpc) is 2.62. The van der Waals surface area contributed by atoms with E-state index in [0.29, 0.717) is 17.9 Å². The lowest BCUT2D eigenvalue weighted by atomic mass is 10.1. The maximum atomic E-state index is 13.5. The van der Waals surface area contributed by atoms with Crippen molar-refractivity contribution in [2.45, 2.75) is 40.3 Å². The zero-order chi connectivity index (χ0) is 20.3. The number of hydrogen-bond donors (Lipinski definition) is 0. The predicted octanol–water partition coefficient (Wildman–Crippen LogP) is 5.66. The molecule has 1 aromatic rings. The first kappa shape index (κ1) is 24.4. The molecule has 0 aromatic heterocycles. The van der Waals surface area contributed by atoms with Crippen LogP contribution in [0.2, 0.25) is 0 Å². The molecule has 0 spiro atoms. The summed E-state index contributed by atoms with van der Waals surface area (Å²) in [4.78, 5) is 0. The Morgan fingerprint density at radius 2 is 1.22 bits per heavy atom. The topological polar surface area (TPSA) is 80.3 Å². The highest BCUT2D eigenvalue weighted by Gasteiger charge is 2.43. The third kappa shape index (κ3) is 7.34. The molecule has 0 aliphatic rings. The van der Waals surface area contributed by atoms with E-state index in [0.717, 1.165) is 0 Å². The Hall–Kier alpha value is -0.680. The van der Waals surface area contributed by atoms with Crippen molar-refractivity contribution >= 4 is 15.2 Å². The highest BCUT2D eigenvalue weighted by molar-refractivity contribution is 7.58. The fourth-order valence-electron chi connectivity index (χ4n) is 2.67. The van der Waals surface area contributed by atoms with Gasteiger partial charge in [0.1, 0.15) is 5.75 Å². The average molecular weight is 422 g/mol. The fourth-order valence-corrected chi connectivity index (χ4v) is 7.46. The van der Waals surface area contributed by atoms with E-state index in [1.54, 1.807) is 52.0 Å². The second kappa shape index (κ2) is 12.0. The van der Waals surface area contributed by atoms with E-state index >= 15 is 0 Å². The molecular weight excluding hydrogens is 390 g/mol. The number of ether oxygens (including phenoxy) is 1. The highest BCUT2D eigenvalue weighted by Crippen LogP contribution is 2.66. The quantitative estimate of drug-likeness (QED) is 0.358. The van der Waals surface area contributed by atoms with E-state index < -0.39 is 20.9 Å². The summed E-state index contributed by atoms with van der Waals surface area (Å²) in [5.74, 6) is 0.695. The molecular formula is C18H32O7P2. The number of rotatable bonds is 14. The van der Waals surface area contributed by atoms with Crippen LogP contribution in [-0.2, 0) is 27.2 Å². The van der Waals surface area contributed by atoms with Crippen LogP contribution in [0.25, 0.3) is 0 Å². The number of benzene rings is 1. The van der Waals surface area contributed by atoms with Gasteiger partial charge in [-0.05, 0) is 52.3 Å². The van der Waals surface area contributed by atoms with Crippen molar-refractivity contribution in [3.05, 3.63) is 29.8 Å². The third-order valence-electron chi connectivity index (χ3n) is 3.62. The van der Waals surface area contributed by atoms with Crippen LogP contribution in [0.15, 0.2) is 24.3 Å². The molecule has 9 heteroatoms. The standard InChI is InChI=1S/C18H32O7P2/c1-6-21-17-13-11-16(12-14-17)18(27(20,24-9-4)25-10-5)15-26(19,22-7-2)23-8-3/h11-14,18H,6-10,15H2,1-5H3. The predicted molar refractivity (Wildman–Crippen MR) is 107 cm³/mol. The van der Waals surface area contributed by atoms with Gasteiger partial charge in [0.15, 0.2) is 0 Å². The molecule has 0 amide bonds. The molecule has 0 saturated carbocycles. The summed E-state index contributed by atoms with van der Waals surface area (Å²) in [5, 5.41) is 0. The molecule has 0 radical (unpaired) electrons. The molecule has 0 saturated heterocycles. The van der Waals surface area contributed by atoms with E-state index in [1.165, 1.54) is 0 Å². The van der Waals surface area contributed by atoms with Crippen LogP contribution in [0.5, 0.6) is 5.75 Å². The van der Waals surface area contributed by atoms with Crippen molar-refractivity contribution in [1.29, 1.82) is 0 Å². The normalized spacial score (nSPS) is 13.5. The first-order valence-electron chi connectivity index (χ1n) is 9.37. The SMILES string of the molecule is CCOc1ccc(C(CP(=O)(OCC)OCC)P(=O)(OCC)OCC)cc1. The van der Waals surface area contributed by atoms with E-state index in [-0.39, 0.29) is 32.6 Å². The fraction of sp³-hybridized carbons (Fsp3) is 0.667. The van der Waals surface area contributed by atoms with Crippen LogP contribution in [0.3, 0.4) is 0 Å². The Bertz CT molecular complexity index is 613. The summed E-state index contributed by atoms with van der Waals surface area (Å²) in [6.45, 7) is 10.3. The zero-order valence-electron chi connectivity index (χ0n) is 16.9. The van der Waals surface area contributed by atoms with Crippen molar-refractivity contribution in [3.8, 4) is 5.75 Å². The van der Waals surface area contributed by atoms with Gasteiger partial charge in [-0.25, -0.2) is 0 Å². The molecule has 1 rings (SSSR count). The minimum atomic E-state index is -3.60. The monoisotopic (exact) mass is 422 g/mol. The van der Waals surface area contributed by atoms with Crippen LogP contribution in [0.1, 0.15) is 45.8 Å². The lowest BCUT2D eigenvalue weighted by Crippen LogP contribution is -2.13. The van der Waals surface area contributed by atoms with Crippen LogP contribution in [0.4, 0.5) is 0 Å². The highest BCUT2D eigenvalue weighted by atomic mass is 31.2. The Morgan fingerprint density at radius 3 is 1.63 bits per heavy atom. The zero-order valence-corrected chi connectivity index (χ0v) is 18.7. The molecule has 1 atom stereocenters. The lowest BCUT2D eigenvalue weighted by Gasteiger charge is -2.29. The summed E-state index contributed by atoms with van der Waals surface area (Å²) >= 11 is 0. The summed E-state index contributed by atoms with van der Waals surface area (Å²) in [5.41, 5.74) is -0.111. The first-order valence-corrected chi connectivity index (χ1v) is 12.7. The molecule has 1 aromatic carbocycles. The van der Waals surface area contributed by atoms with Crippen LogP contribution >= 0.6 is 15.2 Å². The van der Waals surface area contributed by atoms with Gasteiger partial charge in [0.05, 0.1) is 44.9 Å². The second-order valence-electron chi connectivity index (χ2n) is 5.52. The van der Waals surface area contributed by atoms with Crippen molar-refractivity contribution in [2.24, 2.45) is 0 Å². The van der Waals surface area contributed by atoms with Crippen LogP contribution < -0.4 is 4.74 Å². The second-order valence-corrected chi connectivity index (χ2v) is 9.85. The minimum absolute atomic E-state index is 0.0973. The molecule has 0 N–H and O–H groups in total. The van der Waals surface area contributed by atoms with Gasteiger partial charge in [0.25, 0.3) is 0 Å². The summed E-state index contributed by atoms with van der Waals surface area (Å²) in [6, 6.07) is 7.12. The van der Waals surface area contributed by atoms with E-state index in [2.05, 4.69) is 0 Å². The molecule has 0 fully saturated rings. The largest absolute Gasteiger partial charge is 0.494 e.